The van der Waals surface area contributed by atoms with Crippen LogP contribution in [0.2, 0.25) is 0 Å². The first-order chi connectivity index (χ1) is 17.1. The summed E-state index contributed by atoms with van der Waals surface area (Å²) >= 11 is 0. The molecular weight excluding hydrogens is 430 g/mol. The van der Waals surface area contributed by atoms with E-state index in [1.54, 1.807) is 14.2 Å². The van der Waals surface area contributed by atoms with Gasteiger partial charge in [-0.3, -0.25) is 0 Å². The van der Waals surface area contributed by atoms with Crippen molar-refractivity contribution in [3.63, 3.8) is 0 Å². The molecule has 4 rings (SSSR count). The van der Waals surface area contributed by atoms with Crippen molar-refractivity contribution in [2.45, 2.75) is 39.5 Å². The van der Waals surface area contributed by atoms with Crippen molar-refractivity contribution in [3.05, 3.63) is 119 Å². The molecular formula is C32H35NO2. The highest BCUT2D eigenvalue weighted by Gasteiger charge is 2.16. The minimum Gasteiger partial charge on any atom is -0.497 e. The van der Waals surface area contributed by atoms with Crippen molar-refractivity contribution in [2.75, 3.05) is 19.1 Å². The van der Waals surface area contributed by atoms with Crippen LogP contribution < -0.4 is 14.4 Å². The summed E-state index contributed by atoms with van der Waals surface area (Å²) in [5.41, 5.74) is 8.73. The number of aryl methyl sites for hydroxylation is 1. The van der Waals surface area contributed by atoms with Crippen molar-refractivity contribution in [1.82, 2.24) is 0 Å². The number of nitrogens with zero attached hydrogens (tertiary/aromatic N) is 1. The molecule has 1 aliphatic rings. The quantitative estimate of drug-likeness (QED) is 0.318. The molecule has 0 spiro atoms. The Morgan fingerprint density at radius 1 is 0.714 bits per heavy atom. The lowest BCUT2D eigenvalue weighted by molar-refractivity contribution is 0.414. The molecule has 1 aliphatic carbocycles. The maximum Gasteiger partial charge on any atom is 0.119 e. The molecule has 3 aromatic carbocycles. The van der Waals surface area contributed by atoms with Gasteiger partial charge in [-0.15, -0.1) is 0 Å². The third-order valence-corrected chi connectivity index (χ3v) is 6.66. The topological polar surface area (TPSA) is 21.7 Å². The van der Waals surface area contributed by atoms with Gasteiger partial charge >= 0.3 is 0 Å². The van der Waals surface area contributed by atoms with Crippen molar-refractivity contribution < 1.29 is 9.47 Å². The number of benzene rings is 3. The highest BCUT2D eigenvalue weighted by molar-refractivity contribution is 5.82. The van der Waals surface area contributed by atoms with Gasteiger partial charge in [0, 0.05) is 23.2 Å². The monoisotopic (exact) mass is 465 g/mol. The predicted molar refractivity (Wildman–Crippen MR) is 147 cm³/mol. The number of anilines is 1. The highest BCUT2D eigenvalue weighted by atomic mass is 16.5. The zero-order valence-electron chi connectivity index (χ0n) is 21.3. The highest BCUT2D eigenvalue weighted by Crippen LogP contribution is 2.33. The Kier molecular flexibility index (Phi) is 8.10. The summed E-state index contributed by atoms with van der Waals surface area (Å²) in [5.74, 6) is 1.71. The van der Waals surface area contributed by atoms with Gasteiger partial charge in [0.2, 0.25) is 0 Å². The number of hydrogen-bond donors (Lipinski definition) is 0. The molecule has 0 unspecified atom stereocenters. The Morgan fingerprint density at radius 3 is 1.77 bits per heavy atom. The smallest absolute Gasteiger partial charge is 0.119 e. The Hall–Kier alpha value is -3.72. The van der Waals surface area contributed by atoms with Gasteiger partial charge in [0.05, 0.1) is 14.2 Å². The van der Waals surface area contributed by atoms with E-state index in [0.29, 0.717) is 0 Å². The van der Waals surface area contributed by atoms with Crippen molar-refractivity contribution in [2.24, 2.45) is 0 Å². The van der Waals surface area contributed by atoms with E-state index in [1.165, 1.54) is 22.4 Å². The summed E-state index contributed by atoms with van der Waals surface area (Å²) in [7, 11) is 3.41. The SMILES string of the molecule is CCC1=CC=C(N(C=C(c2ccc(CC)cc2)c2ccc(OC)cc2)c2ccc(OC)cc2)CC1. The fraction of sp³-hybridized carbons (Fsp3) is 0.250. The van der Waals surface area contributed by atoms with Crippen LogP contribution in [0, 0.1) is 0 Å². The molecule has 0 radical (unpaired) electrons. The van der Waals surface area contributed by atoms with Gasteiger partial charge in [-0.2, -0.15) is 0 Å². The summed E-state index contributed by atoms with van der Waals surface area (Å²) in [6.45, 7) is 4.42. The summed E-state index contributed by atoms with van der Waals surface area (Å²) < 4.78 is 10.8. The van der Waals surface area contributed by atoms with E-state index in [9.17, 15) is 0 Å². The van der Waals surface area contributed by atoms with Crippen LogP contribution in [0.5, 0.6) is 11.5 Å². The third-order valence-electron chi connectivity index (χ3n) is 6.66. The Labute approximate surface area is 210 Å². The molecule has 35 heavy (non-hydrogen) atoms. The predicted octanol–water partition coefficient (Wildman–Crippen LogP) is 8.18. The van der Waals surface area contributed by atoms with Crippen LogP contribution in [0.25, 0.3) is 5.57 Å². The van der Waals surface area contributed by atoms with Crippen molar-refractivity contribution >= 4 is 11.3 Å². The minimum absolute atomic E-state index is 0.855. The molecule has 0 atom stereocenters. The Balaban J connectivity index is 1.86. The van der Waals surface area contributed by atoms with Gasteiger partial charge in [0.1, 0.15) is 11.5 Å². The molecule has 3 nitrogen and oxygen atoms in total. The van der Waals surface area contributed by atoms with E-state index < -0.39 is 0 Å². The van der Waals surface area contributed by atoms with Gasteiger partial charge in [-0.05, 0) is 84.8 Å². The summed E-state index contributed by atoms with van der Waals surface area (Å²) in [6.07, 6.45) is 11.1. The zero-order valence-corrected chi connectivity index (χ0v) is 21.3. The second-order valence-corrected chi connectivity index (χ2v) is 8.73. The van der Waals surface area contributed by atoms with Crippen LogP contribution in [0.1, 0.15) is 49.8 Å². The number of hydrogen-bond acceptors (Lipinski definition) is 3. The zero-order chi connectivity index (χ0) is 24.6. The molecule has 0 N–H and O–H groups in total. The fourth-order valence-corrected chi connectivity index (χ4v) is 4.37. The standard InChI is InChI=1S/C32H35NO2/c1-5-24-7-11-26(12-8-24)32(27-13-19-30(34-3)20-14-27)23-33(28-15-9-25(6-2)10-16-28)29-17-21-31(35-4)22-18-29/h7-9,11-15,17-23H,5-6,10,16H2,1-4H3. The van der Waals surface area contributed by atoms with Crippen LogP contribution in [-0.2, 0) is 6.42 Å². The number of ether oxygens (including phenoxy) is 2. The van der Waals surface area contributed by atoms with E-state index in [0.717, 1.165) is 54.0 Å². The molecule has 3 heteroatoms. The largest absolute Gasteiger partial charge is 0.497 e. The van der Waals surface area contributed by atoms with Crippen molar-refractivity contribution in [3.8, 4) is 11.5 Å². The van der Waals surface area contributed by atoms with Gasteiger partial charge in [0.15, 0.2) is 0 Å². The van der Waals surface area contributed by atoms with Crippen LogP contribution in [0.3, 0.4) is 0 Å². The molecule has 0 amide bonds. The first kappa shape index (κ1) is 24.4. The normalized spacial score (nSPS) is 13.7. The number of rotatable bonds is 9. The first-order valence-corrected chi connectivity index (χ1v) is 12.4. The third kappa shape index (κ3) is 5.86. The lowest BCUT2D eigenvalue weighted by atomic mass is 9.96. The van der Waals surface area contributed by atoms with Crippen LogP contribution in [0.4, 0.5) is 5.69 Å². The first-order valence-electron chi connectivity index (χ1n) is 12.4. The van der Waals surface area contributed by atoms with Gasteiger partial charge in [-0.1, -0.05) is 61.9 Å². The molecule has 0 aliphatic heterocycles. The average molecular weight is 466 g/mol. The molecule has 0 saturated carbocycles. The molecule has 180 valence electrons. The van der Waals surface area contributed by atoms with Crippen LogP contribution in [0.15, 0.2) is 102 Å². The van der Waals surface area contributed by atoms with Gasteiger partial charge in [-0.25, -0.2) is 0 Å². The van der Waals surface area contributed by atoms with Crippen LogP contribution in [-0.4, -0.2) is 14.2 Å². The minimum atomic E-state index is 0.855. The van der Waals surface area contributed by atoms with Gasteiger partial charge in [0.25, 0.3) is 0 Å². The molecule has 0 saturated heterocycles. The molecule has 0 bridgehead atoms. The second-order valence-electron chi connectivity index (χ2n) is 8.73. The Morgan fingerprint density at radius 2 is 1.29 bits per heavy atom. The molecule has 0 aromatic heterocycles. The maximum atomic E-state index is 5.42. The summed E-state index contributed by atoms with van der Waals surface area (Å²) in [5, 5.41) is 0. The van der Waals surface area contributed by atoms with Crippen LogP contribution >= 0.6 is 0 Å². The van der Waals surface area contributed by atoms with E-state index in [4.69, 9.17) is 9.47 Å². The molecule has 3 aromatic rings. The second kappa shape index (κ2) is 11.6. The lowest BCUT2D eigenvalue weighted by Crippen LogP contribution is -2.18. The fourth-order valence-electron chi connectivity index (χ4n) is 4.37. The van der Waals surface area contributed by atoms with E-state index >= 15 is 0 Å². The van der Waals surface area contributed by atoms with E-state index in [1.807, 2.05) is 24.3 Å². The van der Waals surface area contributed by atoms with Gasteiger partial charge < -0.3 is 14.4 Å². The van der Waals surface area contributed by atoms with Crippen molar-refractivity contribution in [1.29, 1.82) is 0 Å². The molecule has 0 heterocycles. The lowest BCUT2D eigenvalue weighted by Gasteiger charge is -2.28. The maximum absolute atomic E-state index is 5.42. The number of allylic oxidation sites excluding steroid dienone is 4. The summed E-state index contributed by atoms with van der Waals surface area (Å²) in [4.78, 5) is 2.33. The van der Waals surface area contributed by atoms with E-state index in [2.05, 4.69) is 85.6 Å². The average Bonchev–Trinajstić information content (AvgIpc) is 2.94. The van der Waals surface area contributed by atoms with E-state index in [-0.39, 0.29) is 0 Å². The molecule has 0 fully saturated rings. The summed E-state index contributed by atoms with van der Waals surface area (Å²) in [6, 6.07) is 25.5. The Bertz CT molecular complexity index is 1150. The number of methoxy groups -OCH3 is 2.